The Morgan fingerprint density at radius 3 is 2.58 bits per heavy atom. The smallest absolute Gasteiger partial charge is 0.275 e. The van der Waals surface area contributed by atoms with Crippen LogP contribution in [0, 0.1) is 0 Å². The van der Waals surface area contributed by atoms with Crippen LogP contribution in [0.2, 0.25) is 10.0 Å². The van der Waals surface area contributed by atoms with Gasteiger partial charge in [0.1, 0.15) is 0 Å². The highest BCUT2D eigenvalue weighted by molar-refractivity contribution is 6.31. The van der Waals surface area contributed by atoms with E-state index in [1.807, 2.05) is 49.4 Å². The predicted octanol–water partition coefficient (Wildman–Crippen LogP) is 2.58. The molecule has 0 spiro atoms. The van der Waals surface area contributed by atoms with E-state index >= 15 is 0 Å². The van der Waals surface area contributed by atoms with Gasteiger partial charge in [0.15, 0.2) is 6.54 Å². The van der Waals surface area contributed by atoms with E-state index in [4.69, 9.17) is 23.2 Å². The number of carbonyl (C=O) groups is 1. The van der Waals surface area contributed by atoms with E-state index in [1.54, 1.807) is 0 Å². The topological polar surface area (TPSA) is 36.8 Å². The minimum Gasteiger partial charge on any atom is -0.360 e. The Hall–Kier alpha value is -1.75. The van der Waals surface area contributed by atoms with Crippen LogP contribution in [0.1, 0.15) is 18.5 Å². The first kappa shape index (κ1) is 19.0. The quantitative estimate of drug-likeness (QED) is 0.820. The second-order valence-electron chi connectivity index (χ2n) is 6.70. The van der Waals surface area contributed by atoms with Gasteiger partial charge in [-0.05, 0) is 36.8 Å². The molecule has 1 saturated heterocycles. The maximum Gasteiger partial charge on any atom is 0.275 e. The number of hydrogen-bond acceptors (Lipinski definition) is 2. The zero-order chi connectivity index (χ0) is 18.5. The van der Waals surface area contributed by atoms with Crippen molar-refractivity contribution in [2.75, 3.05) is 37.6 Å². The fourth-order valence-corrected chi connectivity index (χ4v) is 3.84. The molecule has 1 heterocycles. The number of hydrogen-bond donors (Lipinski definition) is 2. The third-order valence-corrected chi connectivity index (χ3v) is 5.38. The van der Waals surface area contributed by atoms with Gasteiger partial charge >= 0.3 is 0 Å². The molecule has 1 amide bonds. The van der Waals surface area contributed by atoms with Crippen molar-refractivity contribution in [2.45, 2.75) is 13.0 Å². The SMILES string of the molecule is C[C@@H](NC(=O)C[NH+]1CCN(c2cccc(Cl)c2)CC1)c1ccccc1Cl. The van der Waals surface area contributed by atoms with Crippen molar-refractivity contribution in [2.24, 2.45) is 0 Å². The van der Waals surface area contributed by atoms with E-state index < -0.39 is 0 Å². The summed E-state index contributed by atoms with van der Waals surface area (Å²) in [6.45, 7) is 6.15. The van der Waals surface area contributed by atoms with Gasteiger partial charge in [-0.3, -0.25) is 4.79 Å². The molecule has 0 aromatic heterocycles. The first-order chi connectivity index (χ1) is 12.5. The summed E-state index contributed by atoms with van der Waals surface area (Å²) in [6.07, 6.45) is 0. The number of anilines is 1. The second-order valence-corrected chi connectivity index (χ2v) is 7.55. The van der Waals surface area contributed by atoms with E-state index in [-0.39, 0.29) is 11.9 Å². The highest BCUT2D eigenvalue weighted by atomic mass is 35.5. The molecule has 1 atom stereocenters. The maximum absolute atomic E-state index is 12.4. The lowest BCUT2D eigenvalue weighted by atomic mass is 10.1. The van der Waals surface area contributed by atoms with Crippen molar-refractivity contribution >= 4 is 34.8 Å². The summed E-state index contributed by atoms with van der Waals surface area (Å²) < 4.78 is 0. The molecular formula is C20H24Cl2N3O+. The average Bonchev–Trinajstić information content (AvgIpc) is 2.62. The molecule has 2 aromatic carbocycles. The molecule has 2 N–H and O–H groups in total. The van der Waals surface area contributed by atoms with Gasteiger partial charge in [-0.1, -0.05) is 47.5 Å². The molecule has 6 heteroatoms. The Morgan fingerprint density at radius 1 is 1.15 bits per heavy atom. The van der Waals surface area contributed by atoms with Crippen LogP contribution >= 0.6 is 23.2 Å². The minimum atomic E-state index is -0.0941. The number of benzene rings is 2. The van der Waals surface area contributed by atoms with E-state index in [0.717, 1.165) is 42.5 Å². The molecule has 0 unspecified atom stereocenters. The molecule has 3 rings (SSSR count). The normalized spacial score (nSPS) is 16.3. The van der Waals surface area contributed by atoms with Crippen LogP contribution in [0.15, 0.2) is 48.5 Å². The number of quaternary nitrogens is 1. The molecule has 0 saturated carbocycles. The first-order valence-corrected chi connectivity index (χ1v) is 9.66. The van der Waals surface area contributed by atoms with Crippen molar-refractivity contribution in [3.8, 4) is 0 Å². The fourth-order valence-electron chi connectivity index (χ4n) is 3.35. The summed E-state index contributed by atoms with van der Waals surface area (Å²) in [5.41, 5.74) is 2.09. The zero-order valence-corrected chi connectivity index (χ0v) is 16.4. The van der Waals surface area contributed by atoms with Gasteiger partial charge < -0.3 is 15.1 Å². The van der Waals surface area contributed by atoms with Crippen LogP contribution in [0.25, 0.3) is 0 Å². The van der Waals surface area contributed by atoms with Crippen molar-refractivity contribution in [3.05, 3.63) is 64.1 Å². The largest absolute Gasteiger partial charge is 0.360 e. The lowest BCUT2D eigenvalue weighted by Gasteiger charge is -2.33. The Bertz CT molecular complexity index is 760. The van der Waals surface area contributed by atoms with Crippen LogP contribution < -0.4 is 15.1 Å². The maximum atomic E-state index is 12.4. The van der Waals surface area contributed by atoms with Gasteiger partial charge in [-0.15, -0.1) is 0 Å². The van der Waals surface area contributed by atoms with E-state index in [1.165, 1.54) is 4.90 Å². The predicted molar refractivity (Wildman–Crippen MR) is 107 cm³/mol. The highest BCUT2D eigenvalue weighted by Crippen LogP contribution is 2.22. The number of piperazine rings is 1. The third-order valence-electron chi connectivity index (χ3n) is 4.80. The average molecular weight is 393 g/mol. The second kappa shape index (κ2) is 8.76. The number of carbonyl (C=O) groups excluding carboxylic acids is 1. The Balaban J connectivity index is 1.48. The van der Waals surface area contributed by atoms with Crippen LogP contribution in [0.5, 0.6) is 0 Å². The van der Waals surface area contributed by atoms with Gasteiger partial charge in [0.2, 0.25) is 0 Å². The van der Waals surface area contributed by atoms with Gasteiger partial charge in [0.05, 0.1) is 32.2 Å². The summed E-state index contributed by atoms with van der Waals surface area (Å²) in [5, 5.41) is 4.50. The standard InChI is InChI=1S/C20H23Cl2N3O/c1-15(18-7-2-3-8-19(18)22)23-20(26)14-24-9-11-25(12-10-24)17-6-4-5-16(21)13-17/h2-8,13,15H,9-12,14H2,1H3,(H,23,26)/p+1/t15-/m1/s1. The molecule has 138 valence electrons. The van der Waals surface area contributed by atoms with Gasteiger partial charge in [0.25, 0.3) is 5.91 Å². The van der Waals surface area contributed by atoms with Gasteiger partial charge in [0, 0.05) is 15.7 Å². The Labute approximate surface area is 164 Å². The first-order valence-electron chi connectivity index (χ1n) is 8.91. The summed E-state index contributed by atoms with van der Waals surface area (Å²) in [7, 11) is 0. The lowest BCUT2D eigenvalue weighted by Crippen LogP contribution is -3.15. The highest BCUT2D eigenvalue weighted by Gasteiger charge is 2.23. The molecule has 0 aliphatic carbocycles. The number of halogens is 2. The number of nitrogens with zero attached hydrogens (tertiary/aromatic N) is 1. The van der Waals surface area contributed by atoms with Gasteiger partial charge in [-0.2, -0.15) is 0 Å². The summed E-state index contributed by atoms with van der Waals surface area (Å²) in [5.74, 6) is 0.0589. The molecular weight excluding hydrogens is 369 g/mol. The monoisotopic (exact) mass is 392 g/mol. The molecule has 0 radical (unpaired) electrons. The molecule has 0 bridgehead atoms. The number of rotatable bonds is 5. The molecule has 1 aliphatic heterocycles. The van der Waals surface area contributed by atoms with Crippen molar-refractivity contribution < 1.29 is 9.69 Å². The van der Waals surface area contributed by atoms with Crippen LogP contribution in [0.4, 0.5) is 5.69 Å². The Morgan fingerprint density at radius 2 is 1.88 bits per heavy atom. The lowest BCUT2D eigenvalue weighted by molar-refractivity contribution is -0.892. The third kappa shape index (κ3) is 4.91. The molecule has 4 nitrogen and oxygen atoms in total. The molecule has 1 fully saturated rings. The zero-order valence-electron chi connectivity index (χ0n) is 14.8. The fraction of sp³-hybridized carbons (Fsp3) is 0.350. The summed E-state index contributed by atoms with van der Waals surface area (Å²) >= 11 is 12.3. The van der Waals surface area contributed by atoms with E-state index in [2.05, 4.69) is 16.3 Å². The summed E-state index contributed by atoms with van der Waals surface area (Å²) in [4.78, 5) is 16.0. The van der Waals surface area contributed by atoms with Crippen molar-refractivity contribution in [1.29, 1.82) is 0 Å². The van der Waals surface area contributed by atoms with Gasteiger partial charge in [-0.25, -0.2) is 0 Å². The van der Waals surface area contributed by atoms with Crippen LogP contribution in [-0.4, -0.2) is 38.6 Å². The summed E-state index contributed by atoms with van der Waals surface area (Å²) in [6, 6.07) is 15.5. The molecule has 26 heavy (non-hydrogen) atoms. The van der Waals surface area contributed by atoms with Crippen LogP contribution in [-0.2, 0) is 4.79 Å². The number of nitrogens with one attached hydrogen (secondary N) is 2. The number of amides is 1. The van der Waals surface area contributed by atoms with Crippen molar-refractivity contribution in [1.82, 2.24) is 5.32 Å². The molecule has 2 aromatic rings. The Kier molecular flexibility index (Phi) is 6.41. The van der Waals surface area contributed by atoms with E-state index in [9.17, 15) is 4.79 Å². The minimum absolute atomic E-state index is 0.0589. The van der Waals surface area contributed by atoms with E-state index in [0.29, 0.717) is 11.6 Å². The molecule has 1 aliphatic rings. The van der Waals surface area contributed by atoms with Crippen molar-refractivity contribution in [3.63, 3.8) is 0 Å². The van der Waals surface area contributed by atoms with Crippen LogP contribution in [0.3, 0.4) is 0 Å².